The number of carbonyl (C=O) groups excluding carboxylic acids is 2. The molecule has 2 aliphatic heterocycles. The summed E-state index contributed by atoms with van der Waals surface area (Å²) in [5.41, 5.74) is 2.34. The fourth-order valence-corrected chi connectivity index (χ4v) is 4.51. The van der Waals surface area contributed by atoms with Crippen LogP contribution in [0.15, 0.2) is 34.6 Å². The third-order valence-corrected chi connectivity index (χ3v) is 6.48. The van der Waals surface area contributed by atoms with Crippen LogP contribution in [0.2, 0.25) is 0 Å². The van der Waals surface area contributed by atoms with Crippen molar-refractivity contribution in [3.8, 4) is 0 Å². The zero-order valence-electron chi connectivity index (χ0n) is 16.9. The molecule has 9 heteroatoms. The molecule has 0 aliphatic carbocycles. The van der Waals surface area contributed by atoms with Gasteiger partial charge in [-0.05, 0) is 43.4 Å². The second-order valence-corrected chi connectivity index (χ2v) is 8.57. The predicted octanol–water partition coefficient (Wildman–Crippen LogP) is 2.68. The summed E-state index contributed by atoms with van der Waals surface area (Å²) in [6.45, 7) is 5.05. The van der Waals surface area contributed by atoms with Crippen molar-refractivity contribution in [1.82, 2.24) is 19.3 Å². The van der Waals surface area contributed by atoms with E-state index < -0.39 is 0 Å². The minimum Gasteiger partial charge on any atom is -0.378 e. The number of fused-ring (bicyclic) bond motifs is 1. The van der Waals surface area contributed by atoms with Crippen LogP contribution in [0, 0.1) is 0 Å². The van der Waals surface area contributed by atoms with Crippen molar-refractivity contribution in [1.29, 1.82) is 0 Å². The highest BCUT2D eigenvalue weighted by Gasteiger charge is 2.34. The monoisotopic (exact) mass is 490 g/mol. The minimum atomic E-state index is -0.106. The Morgan fingerprint density at radius 3 is 2.70 bits per heavy atom. The van der Waals surface area contributed by atoms with Gasteiger partial charge in [0.1, 0.15) is 12.2 Å². The number of nitrogens with zero attached hydrogens (tertiary/aromatic N) is 4. The van der Waals surface area contributed by atoms with Gasteiger partial charge >= 0.3 is 0 Å². The molecule has 3 heterocycles. The maximum atomic E-state index is 12.8. The molecule has 0 spiro atoms. The van der Waals surface area contributed by atoms with Crippen LogP contribution in [0.4, 0.5) is 0 Å². The van der Waals surface area contributed by atoms with Crippen molar-refractivity contribution < 1.29 is 14.3 Å². The van der Waals surface area contributed by atoms with Gasteiger partial charge in [0.2, 0.25) is 5.91 Å². The number of likely N-dealkylation sites (N-methyl/N-ethyl adjacent to an activating group) is 2. The lowest BCUT2D eigenvalue weighted by Gasteiger charge is -2.27. The topological polar surface area (TPSA) is 58.0 Å². The highest BCUT2D eigenvalue weighted by atomic mass is 79.9. The highest BCUT2D eigenvalue weighted by molar-refractivity contribution is 9.10. The number of carbonyl (C=O) groups is 2. The van der Waals surface area contributed by atoms with Gasteiger partial charge in [-0.25, -0.2) is 0 Å². The first-order valence-electron chi connectivity index (χ1n) is 9.86. The van der Waals surface area contributed by atoms with Gasteiger partial charge < -0.3 is 19.1 Å². The molecule has 1 aromatic heterocycles. The molecule has 2 aromatic rings. The third-order valence-electron chi connectivity index (χ3n) is 5.50. The van der Waals surface area contributed by atoms with Gasteiger partial charge in [-0.15, -0.1) is 0 Å². The van der Waals surface area contributed by atoms with Crippen LogP contribution in [0.25, 0.3) is 17.0 Å². The van der Waals surface area contributed by atoms with E-state index in [0.717, 1.165) is 20.9 Å². The van der Waals surface area contributed by atoms with Crippen LogP contribution in [0.5, 0.6) is 0 Å². The molecule has 0 radical (unpaired) electrons. The lowest BCUT2D eigenvalue weighted by Crippen LogP contribution is -2.42. The van der Waals surface area contributed by atoms with Crippen molar-refractivity contribution in [2.75, 3.05) is 39.9 Å². The maximum Gasteiger partial charge on any atom is 0.276 e. The van der Waals surface area contributed by atoms with Gasteiger partial charge in [-0.3, -0.25) is 14.5 Å². The Balaban J connectivity index is 1.72. The minimum absolute atomic E-state index is 0.0599. The second kappa shape index (κ2) is 8.49. The Morgan fingerprint density at radius 2 is 2.03 bits per heavy atom. The Labute approximate surface area is 189 Å². The molecular formula is C21H23BrN4O3S. The van der Waals surface area contributed by atoms with Crippen LogP contribution >= 0.6 is 28.1 Å². The second-order valence-electron chi connectivity index (χ2n) is 7.29. The van der Waals surface area contributed by atoms with Crippen molar-refractivity contribution in [2.24, 2.45) is 0 Å². The molecule has 0 unspecified atom stereocenters. The number of thiocarbonyl (C=S) groups is 1. The Bertz CT molecular complexity index is 1060. The number of benzene rings is 1. The zero-order chi connectivity index (χ0) is 21.4. The van der Waals surface area contributed by atoms with E-state index in [4.69, 9.17) is 17.0 Å². The largest absolute Gasteiger partial charge is 0.378 e. The molecule has 7 nitrogen and oxygen atoms in total. The Hall–Kier alpha value is -2.23. The fraction of sp³-hybridized carbons (Fsp3) is 0.381. The number of hydrogen-bond donors (Lipinski definition) is 0. The Morgan fingerprint density at radius 1 is 1.30 bits per heavy atom. The first-order valence-corrected chi connectivity index (χ1v) is 11.1. The number of morpholine rings is 1. The molecular weight excluding hydrogens is 468 g/mol. The van der Waals surface area contributed by atoms with Gasteiger partial charge in [0, 0.05) is 53.8 Å². The van der Waals surface area contributed by atoms with Crippen molar-refractivity contribution in [3.05, 3.63) is 40.1 Å². The molecule has 2 saturated heterocycles. The van der Waals surface area contributed by atoms with Gasteiger partial charge in [-0.2, -0.15) is 0 Å². The molecule has 0 N–H and O–H groups in total. The van der Waals surface area contributed by atoms with Gasteiger partial charge in [-0.1, -0.05) is 15.9 Å². The molecule has 2 aliphatic rings. The number of halogens is 1. The average Bonchev–Trinajstić information content (AvgIpc) is 3.17. The average molecular weight is 491 g/mol. The van der Waals surface area contributed by atoms with E-state index in [1.54, 1.807) is 16.8 Å². The summed E-state index contributed by atoms with van der Waals surface area (Å²) in [6, 6.07) is 5.94. The summed E-state index contributed by atoms with van der Waals surface area (Å²) in [6.07, 6.45) is 3.79. The van der Waals surface area contributed by atoms with Gasteiger partial charge in [0.05, 0.1) is 13.2 Å². The van der Waals surface area contributed by atoms with Crippen molar-refractivity contribution >= 4 is 62.1 Å². The van der Waals surface area contributed by atoms with E-state index in [-0.39, 0.29) is 18.4 Å². The summed E-state index contributed by atoms with van der Waals surface area (Å²) in [5, 5.41) is 1.47. The number of ether oxygens (including phenoxy) is 1. The van der Waals surface area contributed by atoms with E-state index >= 15 is 0 Å². The van der Waals surface area contributed by atoms with Crippen LogP contribution in [0.1, 0.15) is 12.5 Å². The number of amides is 2. The van der Waals surface area contributed by atoms with E-state index in [9.17, 15) is 9.59 Å². The van der Waals surface area contributed by atoms with Gasteiger partial charge in [0.25, 0.3) is 5.91 Å². The predicted molar refractivity (Wildman–Crippen MR) is 123 cm³/mol. The van der Waals surface area contributed by atoms with Crippen LogP contribution in [-0.4, -0.2) is 76.1 Å². The summed E-state index contributed by atoms with van der Waals surface area (Å²) in [4.78, 5) is 30.7. The zero-order valence-corrected chi connectivity index (χ0v) is 19.3. The summed E-state index contributed by atoms with van der Waals surface area (Å²) >= 11 is 8.93. The van der Waals surface area contributed by atoms with Crippen molar-refractivity contribution in [3.63, 3.8) is 0 Å². The molecule has 1 aromatic carbocycles. The van der Waals surface area contributed by atoms with E-state index in [2.05, 4.69) is 15.9 Å². The molecule has 0 saturated carbocycles. The summed E-state index contributed by atoms with van der Waals surface area (Å²) in [7, 11) is 1.80. The quantitative estimate of drug-likeness (QED) is 0.487. The number of rotatable bonds is 4. The standard InChI is InChI=1S/C21H23BrN4O3S/c1-3-26-20(28)18(23(2)21(26)30)10-14-12-25(17-5-4-15(22)11-16(14)17)13-19(27)24-6-8-29-9-7-24/h4-5,10-12H,3,6-9,13H2,1-2H3/b18-10-. The smallest absolute Gasteiger partial charge is 0.276 e. The maximum absolute atomic E-state index is 12.8. The summed E-state index contributed by atoms with van der Waals surface area (Å²) in [5.74, 6) is -0.0463. The van der Waals surface area contributed by atoms with E-state index in [0.29, 0.717) is 43.7 Å². The highest BCUT2D eigenvalue weighted by Crippen LogP contribution is 2.29. The van der Waals surface area contributed by atoms with Crippen LogP contribution in [-0.2, 0) is 20.9 Å². The number of hydrogen-bond acceptors (Lipinski definition) is 4. The molecule has 158 valence electrons. The molecule has 0 bridgehead atoms. The summed E-state index contributed by atoms with van der Waals surface area (Å²) < 4.78 is 8.22. The Kier molecular flexibility index (Phi) is 5.95. The molecule has 2 amide bonds. The lowest BCUT2D eigenvalue weighted by molar-refractivity contribution is -0.135. The third kappa shape index (κ3) is 3.77. The van der Waals surface area contributed by atoms with E-state index in [1.165, 1.54) is 0 Å². The SMILES string of the molecule is CCN1C(=O)/C(=C/c2cn(CC(=O)N3CCOCC3)c3ccc(Br)cc23)N(C)C1=S. The van der Waals surface area contributed by atoms with Crippen LogP contribution < -0.4 is 0 Å². The normalized spacial score (nSPS) is 18.9. The van der Waals surface area contributed by atoms with Gasteiger partial charge in [0.15, 0.2) is 5.11 Å². The lowest BCUT2D eigenvalue weighted by atomic mass is 10.1. The molecule has 2 fully saturated rings. The van der Waals surface area contributed by atoms with E-state index in [1.807, 2.05) is 46.9 Å². The molecule has 4 rings (SSSR count). The first kappa shape index (κ1) is 21.0. The fourth-order valence-electron chi connectivity index (χ4n) is 3.84. The van der Waals surface area contributed by atoms with Crippen molar-refractivity contribution in [2.45, 2.75) is 13.5 Å². The molecule has 30 heavy (non-hydrogen) atoms. The number of aromatic nitrogens is 1. The first-order chi connectivity index (χ1) is 14.4. The molecule has 0 atom stereocenters. The van der Waals surface area contributed by atoms with Crippen LogP contribution in [0.3, 0.4) is 0 Å².